The summed E-state index contributed by atoms with van der Waals surface area (Å²) in [5.41, 5.74) is -0.234. The van der Waals surface area contributed by atoms with Crippen LogP contribution < -0.4 is 10.1 Å². The zero-order chi connectivity index (χ0) is 15.1. The average Bonchev–Trinajstić information content (AvgIpc) is 2.44. The third-order valence-corrected chi connectivity index (χ3v) is 2.75. The van der Waals surface area contributed by atoms with E-state index in [9.17, 15) is 14.0 Å². The van der Waals surface area contributed by atoms with E-state index in [2.05, 4.69) is 5.32 Å². The van der Waals surface area contributed by atoms with Crippen LogP contribution in [-0.4, -0.2) is 31.6 Å². The number of ether oxygens (including phenoxy) is 2. The number of methoxy groups -OCH3 is 1. The van der Waals surface area contributed by atoms with Crippen LogP contribution in [0.2, 0.25) is 0 Å². The molecule has 1 amide bonds. The molecular formula is C14H18FNO4. The van der Waals surface area contributed by atoms with Crippen molar-refractivity contribution in [1.29, 1.82) is 0 Å². The molecule has 20 heavy (non-hydrogen) atoms. The van der Waals surface area contributed by atoms with Crippen LogP contribution >= 0.6 is 0 Å². The molecule has 0 fully saturated rings. The summed E-state index contributed by atoms with van der Waals surface area (Å²) in [4.78, 5) is 23.1. The molecule has 0 heterocycles. The van der Waals surface area contributed by atoms with Crippen molar-refractivity contribution < 1.29 is 23.5 Å². The fourth-order valence-corrected chi connectivity index (χ4v) is 1.42. The monoisotopic (exact) mass is 283 g/mol. The summed E-state index contributed by atoms with van der Waals surface area (Å²) >= 11 is 0. The number of nitrogens with one attached hydrogen (secondary N) is 1. The summed E-state index contributed by atoms with van der Waals surface area (Å²) in [6.45, 7) is 3.32. The Morgan fingerprint density at radius 3 is 2.65 bits per heavy atom. The van der Waals surface area contributed by atoms with E-state index >= 15 is 0 Å². The van der Waals surface area contributed by atoms with Gasteiger partial charge in [-0.1, -0.05) is 6.92 Å². The van der Waals surface area contributed by atoms with Gasteiger partial charge in [0.25, 0.3) is 5.91 Å². The second-order valence-electron chi connectivity index (χ2n) is 4.30. The number of benzene rings is 1. The molecule has 1 rings (SSSR count). The number of hydrogen-bond acceptors (Lipinski definition) is 4. The fourth-order valence-electron chi connectivity index (χ4n) is 1.42. The van der Waals surface area contributed by atoms with E-state index in [0.29, 0.717) is 5.75 Å². The van der Waals surface area contributed by atoms with Crippen LogP contribution in [0.3, 0.4) is 0 Å². The highest BCUT2D eigenvalue weighted by Crippen LogP contribution is 2.16. The smallest absolute Gasteiger partial charge is 0.341 e. The second kappa shape index (κ2) is 7.47. The van der Waals surface area contributed by atoms with Crippen molar-refractivity contribution in [2.24, 2.45) is 0 Å². The highest BCUT2D eigenvalue weighted by atomic mass is 19.1. The van der Waals surface area contributed by atoms with E-state index in [1.165, 1.54) is 19.2 Å². The molecule has 0 bridgehead atoms. The summed E-state index contributed by atoms with van der Waals surface area (Å²) in [5.74, 6) is -1.75. The molecule has 1 N–H and O–H groups in total. The predicted octanol–water partition coefficient (Wildman–Crippen LogP) is 1.91. The number of rotatable bonds is 6. The van der Waals surface area contributed by atoms with Crippen molar-refractivity contribution in [3.8, 4) is 5.75 Å². The Bertz CT molecular complexity index is 490. The minimum Gasteiger partial charge on any atom is -0.497 e. The molecule has 0 radical (unpaired) electrons. The number of amides is 1. The topological polar surface area (TPSA) is 64.6 Å². The maximum Gasteiger partial charge on any atom is 0.341 e. The van der Waals surface area contributed by atoms with Gasteiger partial charge in [-0.05, 0) is 25.5 Å². The van der Waals surface area contributed by atoms with Crippen molar-refractivity contribution in [3.05, 3.63) is 29.6 Å². The lowest BCUT2D eigenvalue weighted by Crippen LogP contribution is -2.35. The van der Waals surface area contributed by atoms with Crippen LogP contribution in [-0.2, 0) is 9.53 Å². The Morgan fingerprint density at radius 1 is 1.40 bits per heavy atom. The largest absolute Gasteiger partial charge is 0.497 e. The lowest BCUT2D eigenvalue weighted by Gasteiger charge is -2.11. The van der Waals surface area contributed by atoms with Gasteiger partial charge < -0.3 is 14.8 Å². The van der Waals surface area contributed by atoms with Crippen molar-refractivity contribution in [2.45, 2.75) is 26.3 Å². The summed E-state index contributed by atoms with van der Waals surface area (Å²) in [5, 5.41) is 2.64. The van der Waals surface area contributed by atoms with Crippen molar-refractivity contribution >= 4 is 11.9 Å². The van der Waals surface area contributed by atoms with E-state index in [0.717, 1.165) is 12.5 Å². The van der Waals surface area contributed by atoms with Gasteiger partial charge in [0.15, 0.2) is 6.61 Å². The number of esters is 1. The summed E-state index contributed by atoms with van der Waals surface area (Å²) in [7, 11) is 1.39. The van der Waals surface area contributed by atoms with E-state index in [1.54, 1.807) is 0 Å². The third kappa shape index (κ3) is 4.53. The molecule has 6 heteroatoms. The number of hydrogen-bond donors (Lipinski definition) is 1. The number of carbonyl (C=O) groups is 2. The van der Waals surface area contributed by atoms with Crippen LogP contribution in [0.4, 0.5) is 4.39 Å². The Kier molecular flexibility index (Phi) is 5.96. The quantitative estimate of drug-likeness (QED) is 0.810. The van der Waals surface area contributed by atoms with E-state index < -0.39 is 24.3 Å². The Labute approximate surface area is 117 Å². The van der Waals surface area contributed by atoms with Crippen molar-refractivity contribution in [3.63, 3.8) is 0 Å². The van der Waals surface area contributed by atoms with Crippen LogP contribution in [0, 0.1) is 5.82 Å². The van der Waals surface area contributed by atoms with E-state index in [-0.39, 0.29) is 11.6 Å². The van der Waals surface area contributed by atoms with Gasteiger partial charge in [0, 0.05) is 12.1 Å². The minimum atomic E-state index is -0.885. The normalized spacial score (nSPS) is 11.6. The van der Waals surface area contributed by atoms with Crippen LogP contribution in [0.15, 0.2) is 18.2 Å². The highest BCUT2D eigenvalue weighted by molar-refractivity contribution is 5.91. The molecule has 0 spiro atoms. The fraction of sp³-hybridized carbons (Fsp3) is 0.429. The summed E-state index contributed by atoms with van der Waals surface area (Å²) in [6.07, 6.45) is 0.771. The average molecular weight is 283 g/mol. The molecule has 1 aromatic carbocycles. The first kappa shape index (κ1) is 15.9. The Morgan fingerprint density at radius 2 is 2.10 bits per heavy atom. The maximum atomic E-state index is 13.6. The van der Waals surface area contributed by atoms with Gasteiger partial charge in [-0.15, -0.1) is 0 Å². The minimum absolute atomic E-state index is 0.000996. The zero-order valence-corrected chi connectivity index (χ0v) is 11.7. The van der Waals surface area contributed by atoms with Crippen molar-refractivity contribution in [2.75, 3.05) is 13.7 Å². The first-order chi connectivity index (χ1) is 9.47. The third-order valence-electron chi connectivity index (χ3n) is 2.75. The Balaban J connectivity index is 2.57. The SMILES string of the molecule is CCC(C)NC(=O)COC(=O)c1ccc(OC)cc1F. The molecule has 0 aromatic heterocycles. The van der Waals surface area contributed by atoms with Gasteiger partial charge in [-0.25, -0.2) is 9.18 Å². The summed E-state index contributed by atoms with van der Waals surface area (Å²) < 4.78 is 23.2. The molecule has 1 unspecified atom stereocenters. The number of halogens is 1. The van der Waals surface area contributed by atoms with Gasteiger partial charge in [0.1, 0.15) is 11.6 Å². The Hall–Kier alpha value is -2.11. The van der Waals surface area contributed by atoms with Gasteiger partial charge in [-0.3, -0.25) is 4.79 Å². The first-order valence-corrected chi connectivity index (χ1v) is 6.28. The van der Waals surface area contributed by atoms with Gasteiger partial charge >= 0.3 is 5.97 Å². The van der Waals surface area contributed by atoms with Crippen LogP contribution in [0.1, 0.15) is 30.6 Å². The molecule has 0 saturated carbocycles. The summed E-state index contributed by atoms with van der Waals surface area (Å²) in [6, 6.07) is 3.77. The second-order valence-corrected chi connectivity index (χ2v) is 4.30. The lowest BCUT2D eigenvalue weighted by molar-refractivity contribution is -0.124. The molecule has 0 aliphatic rings. The molecule has 0 aliphatic heterocycles. The van der Waals surface area contributed by atoms with Gasteiger partial charge in [0.2, 0.25) is 0 Å². The van der Waals surface area contributed by atoms with Gasteiger partial charge in [0.05, 0.1) is 12.7 Å². The molecule has 0 saturated heterocycles. The standard InChI is InChI=1S/C14H18FNO4/c1-4-9(2)16-13(17)8-20-14(18)11-6-5-10(19-3)7-12(11)15/h5-7,9H,4,8H2,1-3H3,(H,16,17). The molecule has 1 atom stereocenters. The van der Waals surface area contributed by atoms with E-state index in [4.69, 9.17) is 9.47 Å². The molecule has 1 aromatic rings. The lowest BCUT2D eigenvalue weighted by atomic mass is 10.2. The highest BCUT2D eigenvalue weighted by Gasteiger charge is 2.16. The number of carbonyl (C=O) groups excluding carboxylic acids is 2. The molecular weight excluding hydrogens is 265 g/mol. The predicted molar refractivity (Wildman–Crippen MR) is 71.1 cm³/mol. The first-order valence-electron chi connectivity index (χ1n) is 6.28. The molecule has 5 nitrogen and oxygen atoms in total. The van der Waals surface area contributed by atoms with Crippen LogP contribution in [0.5, 0.6) is 5.75 Å². The van der Waals surface area contributed by atoms with Crippen molar-refractivity contribution in [1.82, 2.24) is 5.32 Å². The molecule has 0 aliphatic carbocycles. The van der Waals surface area contributed by atoms with Crippen LogP contribution in [0.25, 0.3) is 0 Å². The zero-order valence-electron chi connectivity index (χ0n) is 11.7. The van der Waals surface area contributed by atoms with Gasteiger partial charge in [-0.2, -0.15) is 0 Å². The molecule has 110 valence electrons. The maximum absolute atomic E-state index is 13.6. The van der Waals surface area contributed by atoms with E-state index in [1.807, 2.05) is 13.8 Å².